The number of hydrogen-bond acceptors (Lipinski definition) is 4. The van der Waals surface area contributed by atoms with E-state index in [-0.39, 0.29) is 18.7 Å². The van der Waals surface area contributed by atoms with Crippen molar-refractivity contribution in [1.82, 2.24) is 10.2 Å². The van der Waals surface area contributed by atoms with Gasteiger partial charge in [-0.05, 0) is 48.7 Å². The summed E-state index contributed by atoms with van der Waals surface area (Å²) in [4.78, 5) is 27.6. The molecule has 0 fully saturated rings. The standard InChI is InChI=1S/C25H31F4N3O4S/c1-4-6-14-30-24(34)22(5-2)31(16-18-10-12-20(26)13-11-18)23(33)17-32(37(3,35)36)21-9-7-8-19(15-21)25(27,28)29/h7-13,15,22H,4-6,14,16-17H2,1-3H3,(H,30,34). The summed E-state index contributed by atoms with van der Waals surface area (Å²) in [7, 11) is -4.19. The molecule has 1 N–H and O–H groups in total. The van der Waals surface area contributed by atoms with E-state index in [0.717, 1.165) is 30.9 Å². The van der Waals surface area contributed by atoms with Crippen LogP contribution in [0.5, 0.6) is 0 Å². The Labute approximate surface area is 214 Å². The summed E-state index contributed by atoms with van der Waals surface area (Å²) in [6, 6.07) is 7.88. The van der Waals surface area contributed by atoms with E-state index in [4.69, 9.17) is 0 Å². The van der Waals surface area contributed by atoms with Gasteiger partial charge in [-0.3, -0.25) is 13.9 Å². The minimum Gasteiger partial charge on any atom is -0.354 e. The van der Waals surface area contributed by atoms with Gasteiger partial charge in [-0.25, -0.2) is 12.8 Å². The van der Waals surface area contributed by atoms with Gasteiger partial charge in [0.2, 0.25) is 21.8 Å². The Morgan fingerprint density at radius 2 is 1.70 bits per heavy atom. The van der Waals surface area contributed by atoms with E-state index in [0.29, 0.717) is 28.9 Å². The van der Waals surface area contributed by atoms with Gasteiger partial charge < -0.3 is 10.2 Å². The predicted octanol–water partition coefficient (Wildman–Crippen LogP) is 4.33. The third-order valence-electron chi connectivity index (χ3n) is 5.62. The van der Waals surface area contributed by atoms with Crippen molar-refractivity contribution in [1.29, 1.82) is 0 Å². The van der Waals surface area contributed by atoms with E-state index in [9.17, 15) is 35.6 Å². The van der Waals surface area contributed by atoms with Gasteiger partial charge in [0.1, 0.15) is 18.4 Å². The van der Waals surface area contributed by atoms with E-state index < -0.39 is 52.0 Å². The Morgan fingerprint density at radius 3 is 2.24 bits per heavy atom. The molecule has 2 aromatic carbocycles. The Bertz CT molecular complexity index is 1170. The number of rotatable bonds is 12. The Kier molecular flexibility index (Phi) is 10.5. The first-order valence-electron chi connectivity index (χ1n) is 11.7. The minimum absolute atomic E-state index is 0.140. The number of amides is 2. The van der Waals surface area contributed by atoms with E-state index >= 15 is 0 Å². The van der Waals surface area contributed by atoms with Gasteiger partial charge >= 0.3 is 6.18 Å². The molecule has 0 aliphatic carbocycles. The molecular formula is C25H31F4N3O4S. The number of alkyl halides is 3. The highest BCUT2D eigenvalue weighted by Gasteiger charge is 2.34. The first-order chi connectivity index (χ1) is 17.3. The molecule has 0 saturated heterocycles. The van der Waals surface area contributed by atoms with Gasteiger partial charge in [-0.1, -0.05) is 38.5 Å². The zero-order chi connectivity index (χ0) is 27.8. The van der Waals surface area contributed by atoms with Crippen molar-refractivity contribution in [3.05, 3.63) is 65.5 Å². The molecule has 2 rings (SSSR count). The van der Waals surface area contributed by atoms with Crippen molar-refractivity contribution in [2.24, 2.45) is 0 Å². The SMILES string of the molecule is CCCCNC(=O)C(CC)N(Cc1ccc(F)cc1)C(=O)CN(c1cccc(C(F)(F)F)c1)S(C)(=O)=O. The fraction of sp³-hybridized carbons (Fsp3) is 0.440. The number of nitrogens with one attached hydrogen (secondary N) is 1. The van der Waals surface area contributed by atoms with Gasteiger partial charge in [-0.15, -0.1) is 0 Å². The number of sulfonamides is 1. The number of anilines is 1. The lowest BCUT2D eigenvalue weighted by molar-refractivity contribution is -0.140. The molecule has 0 saturated carbocycles. The van der Waals surface area contributed by atoms with Crippen LogP contribution in [-0.4, -0.2) is 50.5 Å². The van der Waals surface area contributed by atoms with Crippen molar-refractivity contribution >= 4 is 27.5 Å². The Hall–Kier alpha value is -3.15. The summed E-state index contributed by atoms with van der Waals surface area (Å²) in [5, 5.41) is 2.75. The highest BCUT2D eigenvalue weighted by atomic mass is 32.2. The van der Waals surface area contributed by atoms with Gasteiger partial charge in [-0.2, -0.15) is 13.2 Å². The predicted molar refractivity (Wildman–Crippen MR) is 133 cm³/mol. The van der Waals surface area contributed by atoms with E-state index in [1.54, 1.807) is 6.92 Å². The lowest BCUT2D eigenvalue weighted by atomic mass is 10.1. The number of benzene rings is 2. The second kappa shape index (κ2) is 12.9. The van der Waals surface area contributed by atoms with E-state index in [1.807, 2.05) is 6.92 Å². The first-order valence-corrected chi connectivity index (χ1v) is 13.6. The smallest absolute Gasteiger partial charge is 0.354 e. The van der Waals surface area contributed by atoms with Crippen LogP contribution in [0, 0.1) is 5.82 Å². The van der Waals surface area contributed by atoms with Crippen LogP contribution in [0.25, 0.3) is 0 Å². The highest BCUT2D eigenvalue weighted by molar-refractivity contribution is 7.92. The lowest BCUT2D eigenvalue weighted by Crippen LogP contribution is -2.52. The van der Waals surface area contributed by atoms with Crippen LogP contribution in [0.1, 0.15) is 44.2 Å². The Morgan fingerprint density at radius 1 is 1.05 bits per heavy atom. The highest BCUT2D eigenvalue weighted by Crippen LogP contribution is 2.32. The van der Waals surface area contributed by atoms with Crippen molar-refractivity contribution < 1.29 is 35.6 Å². The number of hydrogen-bond donors (Lipinski definition) is 1. The molecule has 0 bridgehead atoms. The maximum atomic E-state index is 13.5. The first kappa shape index (κ1) is 30.1. The van der Waals surface area contributed by atoms with Gasteiger partial charge in [0.25, 0.3) is 0 Å². The molecule has 2 aromatic rings. The molecule has 0 aliphatic rings. The minimum atomic E-state index is -4.72. The molecule has 0 aromatic heterocycles. The fourth-order valence-corrected chi connectivity index (χ4v) is 4.50. The molecule has 0 spiro atoms. The van der Waals surface area contributed by atoms with Crippen LogP contribution >= 0.6 is 0 Å². The zero-order valence-electron chi connectivity index (χ0n) is 20.9. The molecular weight excluding hydrogens is 514 g/mol. The molecule has 0 radical (unpaired) electrons. The van der Waals surface area contributed by atoms with Gasteiger partial charge in [0.15, 0.2) is 0 Å². The summed E-state index contributed by atoms with van der Waals surface area (Å²) >= 11 is 0. The molecule has 37 heavy (non-hydrogen) atoms. The molecule has 0 heterocycles. The van der Waals surface area contributed by atoms with Crippen LogP contribution in [0.3, 0.4) is 0 Å². The van der Waals surface area contributed by atoms with Crippen molar-refractivity contribution in [3.8, 4) is 0 Å². The molecule has 1 unspecified atom stereocenters. The van der Waals surface area contributed by atoms with Gasteiger partial charge in [0, 0.05) is 13.1 Å². The van der Waals surface area contributed by atoms with Crippen LogP contribution in [0.15, 0.2) is 48.5 Å². The van der Waals surface area contributed by atoms with Crippen molar-refractivity contribution in [2.45, 2.75) is 51.9 Å². The lowest BCUT2D eigenvalue weighted by Gasteiger charge is -2.33. The quantitative estimate of drug-likeness (QED) is 0.318. The number of nitrogens with zero attached hydrogens (tertiary/aromatic N) is 2. The molecule has 2 amide bonds. The van der Waals surface area contributed by atoms with Crippen LogP contribution < -0.4 is 9.62 Å². The van der Waals surface area contributed by atoms with Crippen LogP contribution in [0.2, 0.25) is 0 Å². The van der Waals surface area contributed by atoms with Crippen molar-refractivity contribution in [2.75, 3.05) is 23.7 Å². The second-order valence-electron chi connectivity index (χ2n) is 8.53. The monoisotopic (exact) mass is 545 g/mol. The number of halogens is 4. The maximum absolute atomic E-state index is 13.5. The fourth-order valence-electron chi connectivity index (χ4n) is 3.66. The molecule has 204 valence electrons. The van der Waals surface area contributed by atoms with Crippen LogP contribution in [0.4, 0.5) is 23.2 Å². The normalized spacial score (nSPS) is 12.6. The molecule has 1 atom stereocenters. The van der Waals surface area contributed by atoms with Crippen LogP contribution in [-0.2, 0) is 32.3 Å². The average molecular weight is 546 g/mol. The number of unbranched alkanes of at least 4 members (excludes halogenated alkanes) is 1. The third-order valence-corrected chi connectivity index (χ3v) is 6.76. The summed E-state index contributed by atoms with van der Waals surface area (Å²) < 4.78 is 78.8. The number of carbonyl (C=O) groups is 2. The number of carbonyl (C=O) groups excluding carboxylic acids is 2. The largest absolute Gasteiger partial charge is 0.416 e. The van der Waals surface area contributed by atoms with Gasteiger partial charge in [0.05, 0.1) is 17.5 Å². The second-order valence-corrected chi connectivity index (χ2v) is 10.4. The summed E-state index contributed by atoms with van der Waals surface area (Å²) in [5.41, 5.74) is -0.927. The molecule has 0 aliphatic heterocycles. The Balaban J connectivity index is 2.45. The zero-order valence-corrected chi connectivity index (χ0v) is 21.7. The third kappa shape index (κ3) is 8.73. The van der Waals surface area contributed by atoms with Crippen molar-refractivity contribution in [3.63, 3.8) is 0 Å². The molecule has 7 nitrogen and oxygen atoms in total. The van der Waals surface area contributed by atoms with E-state index in [1.165, 1.54) is 29.2 Å². The average Bonchev–Trinajstić information content (AvgIpc) is 2.82. The van der Waals surface area contributed by atoms with E-state index in [2.05, 4.69) is 5.32 Å². The summed E-state index contributed by atoms with van der Waals surface area (Å²) in [6.45, 7) is 3.03. The maximum Gasteiger partial charge on any atom is 0.416 e. The topological polar surface area (TPSA) is 86.8 Å². The summed E-state index contributed by atoms with van der Waals surface area (Å²) in [5.74, 6) is -1.75. The summed E-state index contributed by atoms with van der Waals surface area (Å²) in [6.07, 6.45) is -2.21. The molecule has 12 heteroatoms.